The first-order valence-electron chi connectivity index (χ1n) is 44.4. The van der Waals surface area contributed by atoms with Gasteiger partial charge in [0.1, 0.15) is 25.4 Å². The predicted molar refractivity (Wildman–Crippen MR) is 472 cm³/mol. The molecule has 5 atom stereocenters. The van der Waals surface area contributed by atoms with Crippen molar-refractivity contribution in [2.75, 3.05) is 39.6 Å². The summed E-state index contributed by atoms with van der Waals surface area (Å²) in [6, 6.07) is 0. The molecule has 18 heteroatoms. The number of carbonyl (C=O) groups is 3. The zero-order valence-electron chi connectivity index (χ0n) is 71.0. The summed E-state index contributed by atoms with van der Waals surface area (Å²) in [5.74, 6) is -1.60. The minimum Gasteiger partial charge on any atom is -0.463 e. The van der Waals surface area contributed by atoms with Crippen LogP contribution in [0.5, 0.6) is 0 Å². The minimum absolute atomic E-state index is 0.0777. The van der Waals surface area contributed by atoms with Gasteiger partial charge in [-0.1, -0.05) is 345 Å². The van der Waals surface area contributed by atoms with Gasteiger partial charge in [0.15, 0.2) is 6.10 Å². The van der Waals surface area contributed by atoms with Gasteiger partial charge in [0.25, 0.3) is 0 Å². The van der Waals surface area contributed by atoms with Gasteiger partial charge in [-0.3, -0.25) is 32.5 Å². The molecule has 0 fully saturated rings. The molecule has 16 nitrogen and oxygen atoms in total. The Bertz CT molecular complexity index is 2730. The van der Waals surface area contributed by atoms with Crippen molar-refractivity contribution in [1.82, 2.24) is 0 Å². The molecule has 0 radical (unpaired) electrons. The summed E-state index contributed by atoms with van der Waals surface area (Å²) in [5.41, 5.74) is 0. The highest BCUT2D eigenvalue weighted by Crippen LogP contribution is 2.45. The third kappa shape index (κ3) is 87.6. The van der Waals surface area contributed by atoms with Crippen LogP contribution in [-0.2, 0) is 55.8 Å². The standard InChI is InChI=1S/C95H160O16P2/c1-4-7-10-13-16-19-22-25-28-31-34-37-39-41-42-43-44-45-46-48-50-52-54-57-60-63-66-69-72-75-78-81-93(98)105-84-90(96)85-107-112(101,102)108-86-91(97)87-109-113(103,104)110-89-92(111-95(100)83-80-77-74-71-68-65-62-59-56-51-36-33-30-27-24-21-18-15-12-9-6-3)88-106-94(99)82-79-76-73-70-67-64-61-58-55-53-49-47-40-38-35-32-29-26-23-20-17-14-11-8-5-2/h7,10,16-21,25-30,34-38,41-42,44-45,47,49,51,59,62,90-92,96-97H,4-6,8-9,11-15,22-24,31-33,39-40,43,46,48,50,52-58,60-61,63-89H2,1-3H3,(H,101,102)(H,103,104)/b10-7-,19-16-,20-17-,21-18-,28-25-,29-26-,30-27-,37-34-,38-35-,42-41-,45-44-,49-47-,51-36-,62-59-. The molecular formula is C95H160O16P2. The largest absolute Gasteiger partial charge is 0.472 e. The van der Waals surface area contributed by atoms with E-state index in [2.05, 4.69) is 191 Å². The molecule has 0 saturated carbocycles. The number of phosphoric ester groups is 2. The highest BCUT2D eigenvalue weighted by molar-refractivity contribution is 7.47. The first-order chi connectivity index (χ1) is 55.2. The number of rotatable bonds is 83. The van der Waals surface area contributed by atoms with Gasteiger partial charge in [0, 0.05) is 19.3 Å². The lowest BCUT2D eigenvalue weighted by Gasteiger charge is -2.21. The fourth-order valence-corrected chi connectivity index (χ4v) is 13.2. The molecule has 5 unspecified atom stereocenters. The molecule has 0 aliphatic rings. The highest BCUT2D eigenvalue weighted by atomic mass is 31.2. The summed E-state index contributed by atoms with van der Waals surface area (Å²) in [6.07, 6.45) is 111. The van der Waals surface area contributed by atoms with E-state index in [0.29, 0.717) is 19.3 Å². The molecule has 0 amide bonds. The molecule has 0 aromatic rings. The second-order valence-corrected chi connectivity index (χ2v) is 32.2. The molecule has 113 heavy (non-hydrogen) atoms. The van der Waals surface area contributed by atoms with E-state index in [1.54, 1.807) is 0 Å². The van der Waals surface area contributed by atoms with E-state index in [4.69, 9.17) is 32.3 Å². The normalized spacial score (nSPS) is 14.6. The van der Waals surface area contributed by atoms with Crippen LogP contribution in [0, 0.1) is 0 Å². The van der Waals surface area contributed by atoms with Crippen LogP contribution in [0.2, 0.25) is 0 Å². The fourth-order valence-electron chi connectivity index (χ4n) is 11.7. The summed E-state index contributed by atoms with van der Waals surface area (Å²) in [7, 11) is -9.82. The number of unbranched alkanes of at least 4 members (excludes halogenated alkanes) is 32. The van der Waals surface area contributed by atoms with Crippen molar-refractivity contribution in [3.05, 3.63) is 170 Å². The predicted octanol–water partition coefficient (Wildman–Crippen LogP) is 27.1. The number of phosphoric acid groups is 2. The first-order valence-corrected chi connectivity index (χ1v) is 47.4. The van der Waals surface area contributed by atoms with E-state index >= 15 is 0 Å². The van der Waals surface area contributed by atoms with Crippen molar-refractivity contribution >= 4 is 33.6 Å². The average molecular weight is 1620 g/mol. The van der Waals surface area contributed by atoms with Crippen LogP contribution in [0.25, 0.3) is 0 Å². The Kier molecular flexibility index (Phi) is 82.4. The number of aliphatic hydroxyl groups excluding tert-OH is 2. The van der Waals surface area contributed by atoms with E-state index in [1.807, 2.05) is 0 Å². The maximum atomic E-state index is 13.0. The summed E-state index contributed by atoms with van der Waals surface area (Å²) in [5, 5.41) is 20.7. The van der Waals surface area contributed by atoms with Crippen LogP contribution in [0.15, 0.2) is 170 Å². The summed E-state index contributed by atoms with van der Waals surface area (Å²) in [4.78, 5) is 58.9. The van der Waals surface area contributed by atoms with Crippen LogP contribution >= 0.6 is 15.6 Å². The second-order valence-electron chi connectivity index (χ2n) is 29.3. The zero-order chi connectivity index (χ0) is 82.2. The third-order valence-corrected chi connectivity index (χ3v) is 20.3. The van der Waals surface area contributed by atoms with E-state index < -0.39 is 91.5 Å². The van der Waals surface area contributed by atoms with Gasteiger partial charge in [-0.2, -0.15) is 0 Å². The number of hydrogen-bond donors (Lipinski definition) is 4. The van der Waals surface area contributed by atoms with Gasteiger partial charge in [-0.25, -0.2) is 9.13 Å². The summed E-state index contributed by atoms with van der Waals surface area (Å²) in [6.45, 7) is 2.51. The van der Waals surface area contributed by atoms with Crippen LogP contribution < -0.4 is 0 Å². The van der Waals surface area contributed by atoms with E-state index in [1.165, 1.54) is 122 Å². The Hall–Kier alpha value is -5.09. The Labute approximate surface area is 688 Å². The maximum absolute atomic E-state index is 13.0. The van der Waals surface area contributed by atoms with Crippen molar-refractivity contribution < 1.29 is 75.8 Å². The quantitative estimate of drug-likeness (QED) is 0.0146. The molecule has 0 saturated heterocycles. The second kappa shape index (κ2) is 86.3. The summed E-state index contributed by atoms with van der Waals surface area (Å²) >= 11 is 0. The van der Waals surface area contributed by atoms with Crippen molar-refractivity contribution in [1.29, 1.82) is 0 Å². The molecule has 646 valence electrons. The van der Waals surface area contributed by atoms with E-state index in [0.717, 1.165) is 173 Å². The topological polar surface area (TPSA) is 231 Å². The maximum Gasteiger partial charge on any atom is 0.472 e. The Morgan fingerprint density at radius 1 is 0.257 bits per heavy atom. The summed E-state index contributed by atoms with van der Waals surface area (Å²) < 4.78 is 61.4. The van der Waals surface area contributed by atoms with Gasteiger partial charge in [-0.15, -0.1) is 0 Å². The van der Waals surface area contributed by atoms with Crippen molar-refractivity contribution in [3.63, 3.8) is 0 Å². The first kappa shape index (κ1) is 108. The van der Waals surface area contributed by atoms with E-state index in [9.17, 15) is 43.5 Å². The molecule has 0 heterocycles. The van der Waals surface area contributed by atoms with Crippen molar-refractivity contribution in [2.24, 2.45) is 0 Å². The van der Waals surface area contributed by atoms with Gasteiger partial charge >= 0.3 is 33.6 Å². The molecule has 0 aliphatic carbocycles. The van der Waals surface area contributed by atoms with E-state index in [-0.39, 0.29) is 19.3 Å². The number of ether oxygens (including phenoxy) is 3. The Morgan fingerprint density at radius 3 is 0.743 bits per heavy atom. The Balaban J connectivity index is 4.63. The molecule has 0 aliphatic heterocycles. The molecular weight excluding hydrogens is 1460 g/mol. The SMILES string of the molecule is CC/C=C\C/C=C\C/C=C\C/C=C\C/C=C\C/C=C\CCCCCCCCCCCCCCC(=O)OCC(O)COP(=O)(O)OCC(O)COP(=O)(O)OCC(COC(=O)CCCCCCCCCCC/C=C\C/C=C\C/C=C\C/C=C\CCCCC)OC(=O)CCCCCCC/C=C\C/C=C\C/C=C\C/C=C\CCCCC. The smallest absolute Gasteiger partial charge is 0.463 e. The van der Waals surface area contributed by atoms with Gasteiger partial charge < -0.3 is 34.2 Å². The molecule has 0 rings (SSSR count). The van der Waals surface area contributed by atoms with Crippen LogP contribution in [0.3, 0.4) is 0 Å². The lowest BCUT2D eigenvalue weighted by Crippen LogP contribution is -2.30. The van der Waals surface area contributed by atoms with Crippen LogP contribution in [0.4, 0.5) is 0 Å². The third-order valence-electron chi connectivity index (χ3n) is 18.4. The molecule has 0 spiro atoms. The lowest BCUT2D eigenvalue weighted by atomic mass is 10.0. The van der Waals surface area contributed by atoms with Crippen LogP contribution in [0.1, 0.15) is 355 Å². The fraction of sp³-hybridized carbons (Fsp3) is 0.674. The van der Waals surface area contributed by atoms with Crippen molar-refractivity contribution in [3.8, 4) is 0 Å². The van der Waals surface area contributed by atoms with Gasteiger partial charge in [0.05, 0.1) is 26.4 Å². The average Bonchev–Trinajstić information content (AvgIpc) is 0.900. The molecule has 4 N–H and O–H groups in total. The van der Waals surface area contributed by atoms with Gasteiger partial charge in [0.2, 0.25) is 0 Å². The zero-order valence-corrected chi connectivity index (χ0v) is 72.8. The number of carbonyl (C=O) groups excluding carboxylic acids is 3. The van der Waals surface area contributed by atoms with Crippen molar-refractivity contribution in [2.45, 2.75) is 373 Å². The number of allylic oxidation sites excluding steroid dienone is 28. The lowest BCUT2D eigenvalue weighted by molar-refractivity contribution is -0.161. The number of aliphatic hydroxyl groups is 2. The number of hydrogen-bond acceptors (Lipinski definition) is 14. The molecule has 0 aromatic heterocycles. The van der Waals surface area contributed by atoms with Gasteiger partial charge in [-0.05, 0) is 161 Å². The highest BCUT2D eigenvalue weighted by Gasteiger charge is 2.29. The monoisotopic (exact) mass is 1620 g/mol. The molecule has 0 bridgehead atoms. The minimum atomic E-state index is -4.95. The molecule has 0 aromatic carbocycles. The Morgan fingerprint density at radius 2 is 0.469 bits per heavy atom. The number of esters is 3. The van der Waals surface area contributed by atoms with Crippen LogP contribution in [-0.4, -0.2) is 95.9 Å².